The normalized spacial score (nSPS) is 12.5. The Hall–Kier alpha value is -0.330. The Bertz CT molecular complexity index is 291. The lowest BCUT2D eigenvalue weighted by molar-refractivity contribution is 0.0163. The lowest BCUT2D eigenvalue weighted by atomic mass is 10.3. The van der Waals surface area contributed by atoms with E-state index in [-0.39, 0.29) is 6.61 Å². The molecule has 0 spiro atoms. The molecule has 1 aromatic carbocycles. The number of aliphatic hydroxyl groups is 1. The number of para-hydroxylation sites is 1. The van der Waals surface area contributed by atoms with E-state index in [0.717, 1.165) is 9.32 Å². The summed E-state index contributed by atoms with van der Waals surface area (Å²) in [4.78, 5) is 0. The molecule has 4 heteroatoms. The number of rotatable bonds is 6. The largest absolute Gasteiger partial charge is 0.490 e. The molecule has 0 saturated heterocycles. The molecule has 0 amide bonds. The first-order chi connectivity index (χ1) is 7.24. The number of halogens is 1. The predicted molar refractivity (Wildman–Crippen MR) is 67.2 cm³/mol. The minimum absolute atomic E-state index is 0.264. The van der Waals surface area contributed by atoms with Crippen LogP contribution in [0.2, 0.25) is 0 Å². The molecule has 0 aromatic heterocycles. The highest BCUT2D eigenvalue weighted by Crippen LogP contribution is 2.19. The van der Waals surface area contributed by atoms with Crippen LogP contribution in [0, 0.1) is 3.57 Å². The maximum Gasteiger partial charge on any atom is 0.132 e. The lowest BCUT2D eigenvalue weighted by Crippen LogP contribution is -2.23. The predicted octanol–water partition coefficient (Wildman–Crippen LogP) is 2.07. The smallest absolute Gasteiger partial charge is 0.132 e. The Morgan fingerprint density at radius 1 is 1.33 bits per heavy atom. The third kappa shape index (κ3) is 4.81. The molecule has 1 atom stereocenters. The van der Waals surface area contributed by atoms with Crippen LogP contribution in [0.4, 0.5) is 0 Å². The van der Waals surface area contributed by atoms with E-state index in [1.807, 2.05) is 31.2 Å². The van der Waals surface area contributed by atoms with Crippen LogP contribution in [0.5, 0.6) is 5.75 Å². The van der Waals surface area contributed by atoms with E-state index >= 15 is 0 Å². The molecule has 0 heterocycles. The minimum Gasteiger partial charge on any atom is -0.490 e. The molecule has 0 radical (unpaired) electrons. The third-order valence-corrected chi connectivity index (χ3v) is 2.67. The van der Waals surface area contributed by atoms with E-state index < -0.39 is 6.10 Å². The van der Waals surface area contributed by atoms with Crippen molar-refractivity contribution in [2.24, 2.45) is 0 Å². The molecule has 1 N–H and O–H groups in total. The van der Waals surface area contributed by atoms with Crippen LogP contribution in [0.3, 0.4) is 0 Å². The molecule has 3 nitrogen and oxygen atoms in total. The van der Waals surface area contributed by atoms with Gasteiger partial charge in [0, 0.05) is 6.61 Å². The molecule has 0 fully saturated rings. The second-order valence-electron chi connectivity index (χ2n) is 3.05. The van der Waals surface area contributed by atoms with Gasteiger partial charge in [-0.1, -0.05) is 12.1 Å². The summed E-state index contributed by atoms with van der Waals surface area (Å²) in [6.45, 7) is 3.09. The van der Waals surface area contributed by atoms with Gasteiger partial charge in [-0.3, -0.25) is 0 Å². The summed E-state index contributed by atoms with van der Waals surface area (Å²) in [6, 6.07) is 7.71. The van der Waals surface area contributed by atoms with Crippen LogP contribution < -0.4 is 4.74 Å². The molecule has 1 rings (SSSR count). The van der Waals surface area contributed by atoms with Gasteiger partial charge in [0.25, 0.3) is 0 Å². The van der Waals surface area contributed by atoms with Gasteiger partial charge in [-0.15, -0.1) is 0 Å². The van der Waals surface area contributed by atoms with E-state index in [0.29, 0.717) is 13.2 Å². The van der Waals surface area contributed by atoms with Gasteiger partial charge < -0.3 is 14.6 Å². The van der Waals surface area contributed by atoms with E-state index in [9.17, 15) is 5.11 Å². The van der Waals surface area contributed by atoms with Crippen molar-refractivity contribution in [2.45, 2.75) is 13.0 Å². The molecule has 0 unspecified atom stereocenters. The summed E-state index contributed by atoms with van der Waals surface area (Å²) in [5, 5.41) is 9.48. The maximum absolute atomic E-state index is 9.48. The van der Waals surface area contributed by atoms with Crippen molar-refractivity contribution in [2.75, 3.05) is 19.8 Å². The van der Waals surface area contributed by atoms with E-state index in [1.165, 1.54) is 0 Å². The van der Waals surface area contributed by atoms with Gasteiger partial charge in [0.1, 0.15) is 18.5 Å². The molecule has 0 aliphatic carbocycles. The number of ether oxygens (including phenoxy) is 2. The van der Waals surface area contributed by atoms with Crippen LogP contribution in [-0.4, -0.2) is 31.0 Å². The zero-order valence-electron chi connectivity index (χ0n) is 8.65. The van der Waals surface area contributed by atoms with E-state index in [4.69, 9.17) is 9.47 Å². The molecule has 0 aliphatic heterocycles. The van der Waals surface area contributed by atoms with Crippen LogP contribution in [0.1, 0.15) is 6.92 Å². The quantitative estimate of drug-likeness (QED) is 0.815. The van der Waals surface area contributed by atoms with E-state index in [1.54, 1.807) is 0 Å². The highest BCUT2D eigenvalue weighted by molar-refractivity contribution is 14.1. The molecule has 0 bridgehead atoms. The third-order valence-electron chi connectivity index (χ3n) is 1.78. The first-order valence-electron chi connectivity index (χ1n) is 4.87. The summed E-state index contributed by atoms with van der Waals surface area (Å²) < 4.78 is 11.6. The Kier molecular flexibility index (Phi) is 5.97. The summed E-state index contributed by atoms with van der Waals surface area (Å²) in [6.07, 6.45) is -0.569. The molecular weight excluding hydrogens is 307 g/mol. The van der Waals surface area contributed by atoms with Crippen LogP contribution in [0.15, 0.2) is 24.3 Å². The summed E-state index contributed by atoms with van der Waals surface area (Å²) >= 11 is 2.20. The van der Waals surface area contributed by atoms with Crippen LogP contribution >= 0.6 is 22.6 Å². The molecule has 84 valence electrons. The molecule has 1 aromatic rings. The summed E-state index contributed by atoms with van der Waals surface area (Å²) in [5.74, 6) is 0.800. The zero-order valence-corrected chi connectivity index (χ0v) is 10.8. The average molecular weight is 322 g/mol. The van der Waals surface area contributed by atoms with E-state index in [2.05, 4.69) is 22.6 Å². The van der Waals surface area contributed by atoms with Gasteiger partial charge in [-0.05, 0) is 41.6 Å². The van der Waals surface area contributed by atoms with Crippen molar-refractivity contribution in [1.82, 2.24) is 0 Å². The van der Waals surface area contributed by atoms with Gasteiger partial charge in [0.05, 0.1) is 10.2 Å². The summed E-state index contributed by atoms with van der Waals surface area (Å²) in [7, 11) is 0. The first kappa shape index (κ1) is 12.7. The van der Waals surface area contributed by atoms with Crippen molar-refractivity contribution in [1.29, 1.82) is 0 Å². The number of hydrogen-bond donors (Lipinski definition) is 1. The first-order valence-corrected chi connectivity index (χ1v) is 5.95. The minimum atomic E-state index is -0.569. The number of hydrogen-bond acceptors (Lipinski definition) is 3. The van der Waals surface area contributed by atoms with Crippen molar-refractivity contribution < 1.29 is 14.6 Å². The maximum atomic E-state index is 9.48. The average Bonchev–Trinajstić information content (AvgIpc) is 2.25. The van der Waals surface area contributed by atoms with Gasteiger partial charge in [-0.2, -0.15) is 0 Å². The standard InChI is InChI=1S/C11H15IO3/c1-2-14-7-9(13)8-15-11-6-4-3-5-10(11)12/h3-6,9,13H,2,7-8H2,1H3/t9-/m0/s1. The molecule has 0 aliphatic rings. The topological polar surface area (TPSA) is 38.7 Å². The fraction of sp³-hybridized carbons (Fsp3) is 0.455. The lowest BCUT2D eigenvalue weighted by Gasteiger charge is -2.12. The highest BCUT2D eigenvalue weighted by Gasteiger charge is 2.06. The SMILES string of the molecule is CCOC[C@H](O)COc1ccccc1I. The number of aliphatic hydroxyl groups excluding tert-OH is 1. The fourth-order valence-electron chi connectivity index (χ4n) is 1.05. The van der Waals surface area contributed by atoms with Crippen LogP contribution in [0.25, 0.3) is 0 Å². The van der Waals surface area contributed by atoms with Gasteiger partial charge in [0.2, 0.25) is 0 Å². The molecule has 15 heavy (non-hydrogen) atoms. The highest BCUT2D eigenvalue weighted by atomic mass is 127. The number of benzene rings is 1. The van der Waals surface area contributed by atoms with Gasteiger partial charge in [0.15, 0.2) is 0 Å². The fourth-order valence-corrected chi connectivity index (χ4v) is 1.59. The van der Waals surface area contributed by atoms with Crippen molar-refractivity contribution in [3.8, 4) is 5.75 Å². The second kappa shape index (κ2) is 7.03. The van der Waals surface area contributed by atoms with Gasteiger partial charge in [-0.25, -0.2) is 0 Å². The summed E-state index contributed by atoms with van der Waals surface area (Å²) in [5.41, 5.74) is 0. The van der Waals surface area contributed by atoms with Crippen molar-refractivity contribution >= 4 is 22.6 Å². The molecule has 0 saturated carbocycles. The van der Waals surface area contributed by atoms with Gasteiger partial charge >= 0.3 is 0 Å². The van der Waals surface area contributed by atoms with Crippen molar-refractivity contribution in [3.05, 3.63) is 27.8 Å². The Balaban J connectivity index is 2.33. The van der Waals surface area contributed by atoms with Crippen molar-refractivity contribution in [3.63, 3.8) is 0 Å². The molecular formula is C11H15IO3. The van der Waals surface area contributed by atoms with Crippen LogP contribution in [-0.2, 0) is 4.74 Å². The zero-order chi connectivity index (χ0) is 11.1. The Labute approximate surface area is 104 Å². The monoisotopic (exact) mass is 322 g/mol. The Morgan fingerprint density at radius 3 is 2.73 bits per heavy atom. The second-order valence-corrected chi connectivity index (χ2v) is 4.22. The Morgan fingerprint density at radius 2 is 2.07 bits per heavy atom.